The highest BCUT2D eigenvalue weighted by Gasteiger charge is 2.25. The predicted octanol–water partition coefficient (Wildman–Crippen LogP) is 3.03. The van der Waals surface area contributed by atoms with E-state index in [-0.39, 0.29) is 16.9 Å². The van der Waals surface area contributed by atoms with Gasteiger partial charge in [0.05, 0.1) is 0 Å². The van der Waals surface area contributed by atoms with E-state index in [0.717, 1.165) is 11.3 Å². The lowest BCUT2D eigenvalue weighted by Gasteiger charge is -2.22. The van der Waals surface area contributed by atoms with Crippen LogP contribution in [0.4, 0.5) is 5.69 Å². The van der Waals surface area contributed by atoms with Crippen molar-refractivity contribution in [2.24, 2.45) is 5.92 Å². The van der Waals surface area contributed by atoms with Gasteiger partial charge in [-0.2, -0.15) is 5.26 Å². The van der Waals surface area contributed by atoms with Gasteiger partial charge in [-0.3, -0.25) is 4.79 Å². The molecule has 134 valence electrons. The number of nitrogens with zero attached hydrogens (tertiary/aromatic N) is 1. The molecule has 1 amide bonds. The minimum atomic E-state index is -1.13. The summed E-state index contributed by atoms with van der Waals surface area (Å²) in [5.74, 6) is -2.15. The Hall–Kier alpha value is -2.81. The molecular formula is C19H25N3O3. The highest BCUT2D eigenvalue weighted by atomic mass is 16.4. The number of benzene rings is 1. The van der Waals surface area contributed by atoms with Crippen molar-refractivity contribution in [2.75, 3.05) is 5.32 Å². The summed E-state index contributed by atoms with van der Waals surface area (Å²) >= 11 is 0. The summed E-state index contributed by atoms with van der Waals surface area (Å²) in [5.41, 5.74) is 1.53. The Kier molecular flexibility index (Phi) is 6.75. The van der Waals surface area contributed by atoms with Crippen LogP contribution in [0.15, 0.2) is 36.0 Å². The maximum atomic E-state index is 12.2. The lowest BCUT2D eigenvalue weighted by molar-refractivity contribution is -0.142. The molecule has 0 aromatic heterocycles. The fraction of sp³-hybridized carbons (Fsp3) is 0.421. The van der Waals surface area contributed by atoms with E-state index in [1.165, 1.54) is 6.20 Å². The predicted molar refractivity (Wildman–Crippen MR) is 96.9 cm³/mol. The molecule has 1 rings (SSSR count). The van der Waals surface area contributed by atoms with Crippen LogP contribution in [0.2, 0.25) is 0 Å². The van der Waals surface area contributed by atoms with Crippen molar-refractivity contribution in [1.29, 1.82) is 5.26 Å². The number of hydrogen-bond acceptors (Lipinski definition) is 4. The number of amides is 1. The molecule has 0 spiro atoms. The number of carboxylic acid groups (broad SMARTS) is 1. The maximum absolute atomic E-state index is 12.2. The van der Waals surface area contributed by atoms with Crippen molar-refractivity contribution in [2.45, 2.75) is 46.1 Å². The minimum absolute atomic E-state index is 0.113. The van der Waals surface area contributed by atoms with Gasteiger partial charge in [-0.25, -0.2) is 4.79 Å². The van der Waals surface area contributed by atoms with E-state index in [2.05, 4.69) is 31.4 Å². The van der Waals surface area contributed by atoms with E-state index in [0.29, 0.717) is 0 Å². The molecule has 0 bridgehead atoms. The summed E-state index contributed by atoms with van der Waals surface area (Å²) in [6.45, 7) is 9.57. The van der Waals surface area contributed by atoms with Crippen molar-refractivity contribution in [3.8, 4) is 6.07 Å². The van der Waals surface area contributed by atoms with E-state index < -0.39 is 17.9 Å². The molecule has 6 heteroatoms. The summed E-state index contributed by atoms with van der Waals surface area (Å²) < 4.78 is 0. The van der Waals surface area contributed by atoms with Crippen molar-refractivity contribution >= 4 is 17.6 Å². The van der Waals surface area contributed by atoms with E-state index >= 15 is 0 Å². The molecule has 1 aromatic carbocycles. The van der Waals surface area contributed by atoms with E-state index in [9.17, 15) is 14.9 Å². The van der Waals surface area contributed by atoms with Crippen LogP contribution >= 0.6 is 0 Å². The number of nitriles is 1. The molecule has 0 saturated carbocycles. The number of aliphatic carboxylic acids is 1. The topological polar surface area (TPSA) is 102 Å². The molecule has 0 aliphatic rings. The third-order valence-corrected chi connectivity index (χ3v) is 3.69. The standard InChI is InChI=1S/C19H25N3O3/c1-12(2)16(18(24)25)22-17(23)13(10-20)11-21-15-9-7-6-8-14(15)19(3,4)5/h6-9,11-12,16,21H,1-5H3,(H,22,23)(H,24,25)/b13-11-. The van der Waals surface area contributed by atoms with Crippen molar-refractivity contribution < 1.29 is 14.7 Å². The largest absolute Gasteiger partial charge is 0.480 e. The normalized spacial score (nSPS) is 13.1. The smallest absolute Gasteiger partial charge is 0.326 e. The summed E-state index contributed by atoms with van der Waals surface area (Å²) in [4.78, 5) is 23.4. The van der Waals surface area contributed by atoms with Crippen LogP contribution in [0, 0.1) is 17.2 Å². The minimum Gasteiger partial charge on any atom is -0.480 e. The Morgan fingerprint density at radius 3 is 2.32 bits per heavy atom. The summed E-state index contributed by atoms with van der Waals surface area (Å²) in [6.07, 6.45) is 1.30. The second-order valence-electron chi connectivity index (χ2n) is 7.14. The van der Waals surface area contributed by atoms with Crippen molar-refractivity contribution in [3.05, 3.63) is 41.6 Å². The average Bonchev–Trinajstić information content (AvgIpc) is 2.52. The number of para-hydroxylation sites is 1. The summed E-state index contributed by atoms with van der Waals surface area (Å²) in [5, 5.41) is 23.7. The molecule has 6 nitrogen and oxygen atoms in total. The van der Waals surface area contributed by atoms with E-state index in [1.54, 1.807) is 13.8 Å². The Labute approximate surface area is 148 Å². The lowest BCUT2D eigenvalue weighted by atomic mass is 9.86. The second-order valence-corrected chi connectivity index (χ2v) is 7.14. The first-order chi connectivity index (χ1) is 11.6. The SMILES string of the molecule is CC(C)C(NC(=O)/C(C#N)=C\Nc1ccccc1C(C)(C)C)C(=O)O. The number of nitrogens with one attached hydrogen (secondary N) is 2. The second kappa shape index (κ2) is 8.34. The zero-order valence-electron chi connectivity index (χ0n) is 15.3. The average molecular weight is 343 g/mol. The van der Waals surface area contributed by atoms with Crippen LogP contribution in [0.3, 0.4) is 0 Å². The number of anilines is 1. The van der Waals surface area contributed by atoms with E-state index in [1.807, 2.05) is 30.3 Å². The van der Waals surface area contributed by atoms with Gasteiger partial charge in [0.2, 0.25) is 0 Å². The Balaban J connectivity index is 3.01. The Morgan fingerprint density at radius 1 is 1.24 bits per heavy atom. The first-order valence-electron chi connectivity index (χ1n) is 8.08. The maximum Gasteiger partial charge on any atom is 0.326 e. The van der Waals surface area contributed by atoms with Gasteiger partial charge < -0.3 is 15.7 Å². The number of hydrogen-bond donors (Lipinski definition) is 3. The third-order valence-electron chi connectivity index (χ3n) is 3.69. The van der Waals surface area contributed by atoms with E-state index in [4.69, 9.17) is 5.11 Å². The molecule has 0 heterocycles. The lowest BCUT2D eigenvalue weighted by Crippen LogP contribution is -2.44. The summed E-state index contributed by atoms with van der Waals surface area (Å²) in [6, 6.07) is 8.37. The Bertz CT molecular complexity index is 709. The number of rotatable bonds is 6. The van der Waals surface area contributed by atoms with Gasteiger partial charge in [0.15, 0.2) is 0 Å². The molecule has 3 N–H and O–H groups in total. The van der Waals surface area contributed by atoms with Gasteiger partial charge in [-0.15, -0.1) is 0 Å². The highest BCUT2D eigenvalue weighted by Crippen LogP contribution is 2.29. The molecule has 0 saturated heterocycles. The van der Waals surface area contributed by atoms with Crippen molar-refractivity contribution in [1.82, 2.24) is 5.32 Å². The molecule has 1 aromatic rings. The number of carboxylic acids is 1. The van der Waals surface area contributed by atoms with Gasteiger partial charge in [0.25, 0.3) is 5.91 Å². The quantitative estimate of drug-likeness (QED) is 0.544. The number of carbonyl (C=O) groups excluding carboxylic acids is 1. The van der Waals surface area contributed by atoms with Gasteiger partial charge in [0.1, 0.15) is 17.7 Å². The molecule has 0 radical (unpaired) electrons. The first kappa shape index (κ1) is 20.2. The van der Waals surface area contributed by atoms with Gasteiger partial charge >= 0.3 is 5.97 Å². The van der Waals surface area contributed by atoms with Crippen LogP contribution < -0.4 is 10.6 Å². The molecule has 1 atom stereocenters. The van der Waals surface area contributed by atoms with Crippen LogP contribution in [0.25, 0.3) is 0 Å². The highest BCUT2D eigenvalue weighted by molar-refractivity contribution is 5.99. The molecule has 1 unspecified atom stereocenters. The monoisotopic (exact) mass is 343 g/mol. The zero-order valence-corrected chi connectivity index (χ0v) is 15.3. The molecular weight excluding hydrogens is 318 g/mol. The Morgan fingerprint density at radius 2 is 1.84 bits per heavy atom. The van der Waals surface area contributed by atoms with Gasteiger partial charge in [0, 0.05) is 11.9 Å². The first-order valence-corrected chi connectivity index (χ1v) is 8.08. The van der Waals surface area contributed by atoms with Crippen LogP contribution in [0.5, 0.6) is 0 Å². The fourth-order valence-corrected chi connectivity index (χ4v) is 2.29. The fourth-order valence-electron chi connectivity index (χ4n) is 2.29. The third kappa shape index (κ3) is 5.64. The summed E-state index contributed by atoms with van der Waals surface area (Å²) in [7, 11) is 0. The molecule has 0 aliphatic carbocycles. The molecule has 0 aliphatic heterocycles. The zero-order chi connectivity index (χ0) is 19.2. The van der Waals surface area contributed by atoms with Crippen LogP contribution in [-0.2, 0) is 15.0 Å². The molecule has 25 heavy (non-hydrogen) atoms. The number of carbonyl (C=O) groups is 2. The van der Waals surface area contributed by atoms with Gasteiger partial charge in [-0.1, -0.05) is 52.8 Å². The molecule has 0 fully saturated rings. The van der Waals surface area contributed by atoms with Crippen molar-refractivity contribution in [3.63, 3.8) is 0 Å². The van der Waals surface area contributed by atoms with Gasteiger partial charge in [-0.05, 0) is 23.0 Å². The van der Waals surface area contributed by atoms with Crippen LogP contribution in [0.1, 0.15) is 40.2 Å². The van der Waals surface area contributed by atoms with Crippen LogP contribution in [-0.4, -0.2) is 23.0 Å².